The highest BCUT2D eigenvalue weighted by Crippen LogP contribution is 2.16. The number of rotatable bonds is 4. The van der Waals surface area contributed by atoms with Crippen molar-refractivity contribution in [2.45, 2.75) is 25.9 Å². The van der Waals surface area contributed by atoms with E-state index in [0.29, 0.717) is 12.1 Å². The molecule has 3 heteroatoms. The molecule has 0 aliphatic rings. The summed E-state index contributed by atoms with van der Waals surface area (Å²) in [7, 11) is 0. The Kier molecular flexibility index (Phi) is 3.44. The zero-order valence-corrected chi connectivity index (χ0v) is 8.27. The third kappa shape index (κ3) is 2.43. The van der Waals surface area contributed by atoms with Crippen LogP contribution in [-0.4, -0.2) is 11.0 Å². The molecule has 12 heavy (non-hydrogen) atoms. The fourth-order valence-corrected chi connectivity index (χ4v) is 1.62. The maximum Gasteiger partial charge on any atom is 0.0794 e. The molecule has 0 aromatic carbocycles. The molecule has 0 saturated heterocycles. The Bertz CT molecular complexity index is 231. The highest BCUT2D eigenvalue weighted by Gasteiger charge is 2.07. The molecule has 0 bridgehead atoms. The van der Waals surface area contributed by atoms with Crippen molar-refractivity contribution in [1.29, 1.82) is 0 Å². The zero-order valence-electron chi connectivity index (χ0n) is 7.45. The Labute approximate surface area is 77.3 Å². The van der Waals surface area contributed by atoms with Gasteiger partial charge in [0.15, 0.2) is 0 Å². The summed E-state index contributed by atoms with van der Waals surface area (Å²) in [5, 5.41) is 3.38. The van der Waals surface area contributed by atoms with Crippen LogP contribution in [-0.2, 0) is 0 Å². The van der Waals surface area contributed by atoms with Crippen molar-refractivity contribution in [3.05, 3.63) is 29.2 Å². The first-order valence-electron chi connectivity index (χ1n) is 4.01. The third-order valence-corrected chi connectivity index (χ3v) is 2.70. The molecular formula is C9H14N2S. The molecule has 2 unspecified atom stereocenters. The molecule has 1 heterocycles. The maximum atomic E-state index is 4.03. The molecule has 2 nitrogen and oxygen atoms in total. The number of thiazole rings is 1. The molecule has 1 aromatic rings. The van der Waals surface area contributed by atoms with Gasteiger partial charge in [0.2, 0.25) is 0 Å². The maximum absolute atomic E-state index is 4.03. The van der Waals surface area contributed by atoms with Gasteiger partial charge in [-0.25, -0.2) is 0 Å². The smallest absolute Gasteiger partial charge is 0.0794 e. The topological polar surface area (TPSA) is 24.9 Å². The van der Waals surface area contributed by atoms with Crippen molar-refractivity contribution >= 4 is 11.3 Å². The van der Waals surface area contributed by atoms with Gasteiger partial charge in [-0.05, 0) is 13.8 Å². The SMILES string of the molecule is C=CC(C)NC(C)c1cncs1. The molecule has 1 N–H and O–H groups in total. The van der Waals surface area contributed by atoms with Gasteiger partial charge in [-0.1, -0.05) is 6.08 Å². The first kappa shape index (κ1) is 9.42. The quantitative estimate of drug-likeness (QED) is 0.723. The average molecular weight is 182 g/mol. The minimum absolute atomic E-state index is 0.349. The molecule has 0 saturated carbocycles. The van der Waals surface area contributed by atoms with Crippen molar-refractivity contribution in [1.82, 2.24) is 10.3 Å². The number of nitrogens with zero attached hydrogens (tertiary/aromatic N) is 1. The van der Waals surface area contributed by atoms with Crippen molar-refractivity contribution in [3.63, 3.8) is 0 Å². The summed E-state index contributed by atoms with van der Waals surface area (Å²) in [5.74, 6) is 0. The van der Waals surface area contributed by atoms with Crippen LogP contribution in [0.25, 0.3) is 0 Å². The monoisotopic (exact) mass is 182 g/mol. The lowest BCUT2D eigenvalue weighted by Crippen LogP contribution is -2.26. The standard InChI is InChI=1S/C9H14N2S/c1-4-7(2)11-8(3)9-5-10-6-12-9/h4-8,11H,1H2,2-3H3. The predicted molar refractivity (Wildman–Crippen MR) is 53.3 cm³/mol. The van der Waals surface area contributed by atoms with Gasteiger partial charge in [0.25, 0.3) is 0 Å². The number of hydrogen-bond donors (Lipinski definition) is 1. The van der Waals surface area contributed by atoms with E-state index in [2.05, 4.69) is 30.7 Å². The Hall–Kier alpha value is -0.670. The van der Waals surface area contributed by atoms with E-state index in [0.717, 1.165) is 0 Å². The molecular weight excluding hydrogens is 168 g/mol. The third-order valence-electron chi connectivity index (χ3n) is 1.74. The minimum Gasteiger partial charge on any atom is -0.303 e. The fourth-order valence-electron chi connectivity index (χ4n) is 0.984. The van der Waals surface area contributed by atoms with Gasteiger partial charge >= 0.3 is 0 Å². The van der Waals surface area contributed by atoms with E-state index in [9.17, 15) is 0 Å². The lowest BCUT2D eigenvalue weighted by Gasteiger charge is -2.14. The molecule has 2 atom stereocenters. The van der Waals surface area contributed by atoms with Gasteiger partial charge in [-0.15, -0.1) is 17.9 Å². The van der Waals surface area contributed by atoms with Crippen LogP contribution in [0.15, 0.2) is 24.4 Å². The van der Waals surface area contributed by atoms with E-state index in [1.165, 1.54) is 4.88 Å². The molecule has 0 spiro atoms. The summed E-state index contributed by atoms with van der Waals surface area (Å²) in [4.78, 5) is 5.30. The minimum atomic E-state index is 0.349. The lowest BCUT2D eigenvalue weighted by molar-refractivity contribution is 0.543. The summed E-state index contributed by atoms with van der Waals surface area (Å²) < 4.78 is 0. The summed E-state index contributed by atoms with van der Waals surface area (Å²) in [6, 6.07) is 0.715. The van der Waals surface area contributed by atoms with Crippen LogP contribution in [0.4, 0.5) is 0 Å². The van der Waals surface area contributed by atoms with Gasteiger partial charge in [0, 0.05) is 23.2 Å². The zero-order chi connectivity index (χ0) is 8.97. The first-order valence-corrected chi connectivity index (χ1v) is 4.89. The summed E-state index contributed by atoms with van der Waals surface area (Å²) in [6.07, 6.45) is 3.80. The molecule has 0 radical (unpaired) electrons. The van der Waals surface area contributed by atoms with E-state index in [1.807, 2.05) is 17.8 Å². The van der Waals surface area contributed by atoms with Crippen molar-refractivity contribution in [2.24, 2.45) is 0 Å². The summed E-state index contributed by atoms with van der Waals surface area (Å²) >= 11 is 1.68. The Balaban J connectivity index is 2.49. The number of hydrogen-bond acceptors (Lipinski definition) is 3. The Morgan fingerprint density at radius 2 is 2.42 bits per heavy atom. The van der Waals surface area contributed by atoms with Gasteiger partial charge in [0.05, 0.1) is 5.51 Å². The van der Waals surface area contributed by atoms with Gasteiger partial charge in [0.1, 0.15) is 0 Å². The van der Waals surface area contributed by atoms with E-state index >= 15 is 0 Å². The van der Waals surface area contributed by atoms with E-state index < -0.39 is 0 Å². The molecule has 0 aliphatic heterocycles. The van der Waals surface area contributed by atoms with Gasteiger partial charge in [-0.2, -0.15) is 0 Å². The van der Waals surface area contributed by atoms with Crippen molar-refractivity contribution < 1.29 is 0 Å². The molecule has 0 amide bonds. The first-order chi connectivity index (χ1) is 5.74. The molecule has 1 rings (SSSR count). The second kappa shape index (κ2) is 4.38. The summed E-state index contributed by atoms with van der Waals surface area (Å²) in [5.41, 5.74) is 1.85. The lowest BCUT2D eigenvalue weighted by atomic mass is 10.2. The van der Waals surface area contributed by atoms with Crippen LogP contribution in [0.2, 0.25) is 0 Å². The van der Waals surface area contributed by atoms with Crippen molar-refractivity contribution in [2.75, 3.05) is 0 Å². The molecule has 0 aliphatic carbocycles. The van der Waals surface area contributed by atoms with Crippen LogP contribution in [0, 0.1) is 0 Å². The average Bonchev–Trinajstić information content (AvgIpc) is 2.56. The van der Waals surface area contributed by atoms with Crippen LogP contribution < -0.4 is 5.32 Å². The van der Waals surface area contributed by atoms with E-state index in [1.54, 1.807) is 11.3 Å². The van der Waals surface area contributed by atoms with Crippen LogP contribution in [0.5, 0.6) is 0 Å². The molecule has 0 fully saturated rings. The molecule has 66 valence electrons. The van der Waals surface area contributed by atoms with Crippen LogP contribution >= 0.6 is 11.3 Å². The summed E-state index contributed by atoms with van der Waals surface area (Å²) in [6.45, 7) is 7.94. The fraction of sp³-hybridized carbons (Fsp3) is 0.444. The largest absolute Gasteiger partial charge is 0.303 e. The second-order valence-corrected chi connectivity index (χ2v) is 3.73. The normalized spacial score (nSPS) is 15.5. The number of nitrogens with one attached hydrogen (secondary N) is 1. The van der Waals surface area contributed by atoms with E-state index in [4.69, 9.17) is 0 Å². The predicted octanol–water partition coefficient (Wildman–Crippen LogP) is 2.37. The number of aromatic nitrogens is 1. The van der Waals surface area contributed by atoms with Crippen LogP contribution in [0.1, 0.15) is 24.8 Å². The Morgan fingerprint density at radius 1 is 1.67 bits per heavy atom. The van der Waals surface area contributed by atoms with Gasteiger partial charge < -0.3 is 5.32 Å². The van der Waals surface area contributed by atoms with Crippen LogP contribution in [0.3, 0.4) is 0 Å². The van der Waals surface area contributed by atoms with Crippen molar-refractivity contribution in [3.8, 4) is 0 Å². The van der Waals surface area contributed by atoms with E-state index in [-0.39, 0.29) is 0 Å². The molecule has 1 aromatic heterocycles. The second-order valence-electron chi connectivity index (χ2n) is 2.82. The van der Waals surface area contributed by atoms with Gasteiger partial charge in [-0.3, -0.25) is 4.98 Å². The highest BCUT2D eigenvalue weighted by atomic mass is 32.1. The highest BCUT2D eigenvalue weighted by molar-refractivity contribution is 7.09. The Morgan fingerprint density at radius 3 is 2.92 bits per heavy atom.